The molecule has 0 aliphatic heterocycles. The molecule has 1 unspecified atom stereocenters. The van der Waals surface area contributed by atoms with Crippen molar-refractivity contribution in [1.29, 1.82) is 0 Å². The molecule has 1 saturated carbocycles. The van der Waals surface area contributed by atoms with E-state index in [-0.39, 0.29) is 28.9 Å². The van der Waals surface area contributed by atoms with Crippen molar-refractivity contribution in [2.45, 2.75) is 50.3 Å². The molecule has 1 fully saturated rings. The summed E-state index contributed by atoms with van der Waals surface area (Å²) in [6.07, 6.45) is 4.16. The molecule has 1 amide bonds. The van der Waals surface area contributed by atoms with Crippen LogP contribution >= 0.6 is 0 Å². The van der Waals surface area contributed by atoms with Crippen molar-refractivity contribution in [3.05, 3.63) is 35.6 Å². The Hall–Kier alpha value is -1.43. The highest BCUT2D eigenvalue weighted by molar-refractivity contribution is 7.91. The number of benzene rings is 1. The maximum Gasteiger partial charge on any atom is 0.223 e. The van der Waals surface area contributed by atoms with Crippen LogP contribution in [-0.2, 0) is 21.1 Å². The van der Waals surface area contributed by atoms with Gasteiger partial charge in [0.1, 0.15) is 15.7 Å². The average molecular weight is 341 g/mol. The van der Waals surface area contributed by atoms with Crippen molar-refractivity contribution < 1.29 is 17.6 Å². The van der Waals surface area contributed by atoms with E-state index in [1.54, 1.807) is 25.1 Å². The minimum atomic E-state index is -2.99. The highest BCUT2D eigenvalue weighted by Gasteiger charge is 2.29. The number of nitrogens with one attached hydrogen (secondary N) is 1. The molecule has 0 radical (unpaired) electrons. The molecule has 2 rings (SSSR count). The average Bonchev–Trinajstić information content (AvgIpc) is 2.49. The summed E-state index contributed by atoms with van der Waals surface area (Å²) in [5.74, 6) is -0.712. The number of rotatable bonds is 5. The number of carbonyl (C=O) groups excluding carboxylic acids is 1. The van der Waals surface area contributed by atoms with E-state index in [0.717, 1.165) is 0 Å². The van der Waals surface area contributed by atoms with Crippen molar-refractivity contribution in [2.75, 3.05) is 6.26 Å². The molecule has 1 N–H and O–H groups in total. The summed E-state index contributed by atoms with van der Waals surface area (Å²) in [4.78, 5) is 12.3. The number of hydrogen-bond donors (Lipinski definition) is 1. The maximum atomic E-state index is 13.6. The summed E-state index contributed by atoms with van der Waals surface area (Å²) < 4.78 is 36.7. The van der Waals surface area contributed by atoms with Crippen molar-refractivity contribution in [1.82, 2.24) is 5.32 Å². The molecule has 0 saturated heterocycles. The van der Waals surface area contributed by atoms with Crippen LogP contribution in [0.2, 0.25) is 0 Å². The molecule has 1 atom stereocenters. The number of amides is 1. The van der Waals surface area contributed by atoms with Crippen molar-refractivity contribution in [2.24, 2.45) is 5.92 Å². The third-order valence-corrected chi connectivity index (χ3v) is 6.24. The van der Waals surface area contributed by atoms with Crippen LogP contribution in [0.5, 0.6) is 0 Å². The molecular weight excluding hydrogens is 317 g/mol. The second-order valence-electron chi connectivity index (χ2n) is 6.51. The first-order chi connectivity index (χ1) is 10.8. The van der Waals surface area contributed by atoms with Gasteiger partial charge in [-0.1, -0.05) is 25.1 Å². The van der Waals surface area contributed by atoms with Crippen LogP contribution < -0.4 is 5.32 Å². The normalized spacial score (nSPS) is 23.3. The van der Waals surface area contributed by atoms with E-state index in [9.17, 15) is 17.6 Å². The number of hydrogen-bond acceptors (Lipinski definition) is 3. The monoisotopic (exact) mass is 341 g/mol. The Bertz CT molecular complexity index is 652. The van der Waals surface area contributed by atoms with Gasteiger partial charge in [0.05, 0.1) is 5.25 Å². The summed E-state index contributed by atoms with van der Waals surface area (Å²) in [5.41, 5.74) is 0.538. The Balaban J connectivity index is 1.84. The standard InChI is InChI=1S/C17H24FNO3S/c1-12(11-13-5-3-4-6-16(13)18)17(20)19-14-7-9-15(10-8-14)23(2,21)22/h3-6,12,14-15H,7-11H2,1-2H3,(H,19,20). The molecule has 0 heterocycles. The van der Waals surface area contributed by atoms with Crippen molar-refractivity contribution in [3.8, 4) is 0 Å². The molecule has 0 spiro atoms. The largest absolute Gasteiger partial charge is 0.353 e. The molecule has 1 aliphatic rings. The Morgan fingerprint density at radius 1 is 1.26 bits per heavy atom. The van der Waals surface area contributed by atoms with Gasteiger partial charge in [-0.25, -0.2) is 12.8 Å². The van der Waals surface area contributed by atoms with E-state index in [4.69, 9.17) is 0 Å². The molecule has 0 bridgehead atoms. The predicted octanol–water partition coefficient (Wildman–Crippen LogP) is 2.48. The number of halogens is 1. The van der Waals surface area contributed by atoms with Gasteiger partial charge in [-0.05, 0) is 43.7 Å². The van der Waals surface area contributed by atoms with Crippen LogP contribution in [-0.4, -0.2) is 31.9 Å². The summed E-state index contributed by atoms with van der Waals surface area (Å²) >= 11 is 0. The number of sulfone groups is 1. The summed E-state index contributed by atoms with van der Waals surface area (Å²) in [6.45, 7) is 1.78. The first-order valence-corrected chi connectivity index (χ1v) is 9.95. The third kappa shape index (κ3) is 5.03. The van der Waals surface area contributed by atoms with Crippen molar-refractivity contribution in [3.63, 3.8) is 0 Å². The zero-order valence-corrected chi connectivity index (χ0v) is 14.4. The highest BCUT2D eigenvalue weighted by atomic mass is 32.2. The SMILES string of the molecule is CC(Cc1ccccc1F)C(=O)NC1CCC(S(C)(=O)=O)CC1. The van der Waals surface area contributed by atoms with Gasteiger partial charge in [0, 0.05) is 18.2 Å². The topological polar surface area (TPSA) is 63.2 Å². The van der Waals surface area contributed by atoms with Crippen LogP contribution in [0.4, 0.5) is 4.39 Å². The van der Waals surface area contributed by atoms with E-state index in [0.29, 0.717) is 37.7 Å². The van der Waals surface area contributed by atoms with Gasteiger partial charge in [0.2, 0.25) is 5.91 Å². The molecule has 23 heavy (non-hydrogen) atoms. The second kappa shape index (κ2) is 7.43. The summed E-state index contributed by atoms with van der Waals surface area (Å²) in [5, 5.41) is 2.69. The van der Waals surface area contributed by atoms with E-state index >= 15 is 0 Å². The van der Waals surface area contributed by atoms with Crippen LogP contribution in [0.25, 0.3) is 0 Å². The van der Waals surface area contributed by atoms with Gasteiger partial charge in [-0.3, -0.25) is 4.79 Å². The van der Waals surface area contributed by atoms with E-state index in [1.165, 1.54) is 12.3 Å². The molecular formula is C17H24FNO3S. The Morgan fingerprint density at radius 3 is 2.43 bits per heavy atom. The Kier molecular flexibility index (Phi) is 5.79. The van der Waals surface area contributed by atoms with Gasteiger partial charge in [-0.2, -0.15) is 0 Å². The molecule has 128 valence electrons. The van der Waals surface area contributed by atoms with Gasteiger partial charge in [0.25, 0.3) is 0 Å². The predicted molar refractivity (Wildman–Crippen MR) is 88.3 cm³/mol. The van der Waals surface area contributed by atoms with Crippen LogP contribution in [0, 0.1) is 11.7 Å². The summed E-state index contributed by atoms with van der Waals surface area (Å²) in [6, 6.07) is 6.49. The van der Waals surface area contributed by atoms with Gasteiger partial charge in [-0.15, -0.1) is 0 Å². The zero-order chi connectivity index (χ0) is 17.0. The van der Waals surface area contributed by atoms with Crippen LogP contribution in [0.15, 0.2) is 24.3 Å². The summed E-state index contributed by atoms with van der Waals surface area (Å²) in [7, 11) is -2.99. The third-order valence-electron chi connectivity index (χ3n) is 4.56. The van der Waals surface area contributed by atoms with Gasteiger partial charge in [0.15, 0.2) is 0 Å². The minimum absolute atomic E-state index is 0.0172. The Morgan fingerprint density at radius 2 is 1.87 bits per heavy atom. The lowest BCUT2D eigenvalue weighted by atomic mass is 9.93. The van der Waals surface area contributed by atoms with Gasteiger partial charge < -0.3 is 5.32 Å². The fourth-order valence-corrected chi connectivity index (χ4v) is 4.19. The van der Waals surface area contributed by atoms with Crippen molar-refractivity contribution >= 4 is 15.7 Å². The minimum Gasteiger partial charge on any atom is -0.353 e. The first-order valence-electron chi connectivity index (χ1n) is 8.00. The quantitative estimate of drug-likeness (QED) is 0.895. The molecule has 0 aromatic heterocycles. The fourth-order valence-electron chi connectivity index (χ4n) is 3.07. The smallest absolute Gasteiger partial charge is 0.223 e. The lowest BCUT2D eigenvalue weighted by molar-refractivity contribution is -0.125. The highest BCUT2D eigenvalue weighted by Crippen LogP contribution is 2.24. The first kappa shape index (κ1) is 17.9. The maximum absolute atomic E-state index is 13.6. The fraction of sp³-hybridized carbons (Fsp3) is 0.588. The lowest BCUT2D eigenvalue weighted by Crippen LogP contribution is -2.42. The molecule has 4 nitrogen and oxygen atoms in total. The Labute approximate surface area is 137 Å². The second-order valence-corrected chi connectivity index (χ2v) is 8.83. The van der Waals surface area contributed by atoms with E-state index in [2.05, 4.69) is 5.32 Å². The van der Waals surface area contributed by atoms with E-state index in [1.807, 2.05) is 0 Å². The molecule has 1 aliphatic carbocycles. The molecule has 6 heteroatoms. The van der Waals surface area contributed by atoms with Crippen LogP contribution in [0.1, 0.15) is 38.2 Å². The lowest BCUT2D eigenvalue weighted by Gasteiger charge is -2.29. The molecule has 1 aromatic rings. The number of carbonyl (C=O) groups is 1. The van der Waals surface area contributed by atoms with Crippen LogP contribution in [0.3, 0.4) is 0 Å². The molecule has 1 aromatic carbocycles. The zero-order valence-electron chi connectivity index (χ0n) is 13.6. The van der Waals surface area contributed by atoms with Gasteiger partial charge >= 0.3 is 0 Å². The van der Waals surface area contributed by atoms with E-state index < -0.39 is 9.84 Å².